The average Bonchev–Trinajstić information content (AvgIpc) is 2.58. The molecule has 0 spiro atoms. The van der Waals surface area contributed by atoms with Crippen LogP contribution in [0, 0.1) is 0 Å². The predicted octanol–water partition coefficient (Wildman–Crippen LogP) is 2.35. The number of nitrogen functional groups attached to an aromatic ring is 2. The van der Waals surface area contributed by atoms with E-state index in [2.05, 4.69) is 18.8 Å². The fraction of sp³-hybridized carbons (Fsp3) is 0.750. The van der Waals surface area contributed by atoms with Gasteiger partial charge in [-0.1, -0.05) is 33.1 Å². The number of rotatable bonds is 2. The molecule has 0 saturated heterocycles. The lowest BCUT2D eigenvalue weighted by molar-refractivity contribution is 0.423. The van der Waals surface area contributed by atoms with Crippen LogP contribution in [0.25, 0.3) is 0 Å². The van der Waals surface area contributed by atoms with Gasteiger partial charge >= 0.3 is 0 Å². The van der Waals surface area contributed by atoms with E-state index in [-0.39, 0.29) is 0 Å². The van der Waals surface area contributed by atoms with Crippen LogP contribution in [0.5, 0.6) is 0 Å². The third-order valence-corrected chi connectivity index (χ3v) is 3.52. The molecule has 0 atom stereocenters. The van der Waals surface area contributed by atoms with E-state index in [1.54, 1.807) is 4.68 Å². The summed E-state index contributed by atoms with van der Waals surface area (Å²) in [6.07, 6.45) is 6.31. The van der Waals surface area contributed by atoms with Crippen LogP contribution in [0.2, 0.25) is 0 Å². The topological polar surface area (TPSA) is 69.9 Å². The van der Waals surface area contributed by atoms with Crippen molar-refractivity contribution in [2.45, 2.75) is 57.8 Å². The highest BCUT2D eigenvalue weighted by Crippen LogP contribution is 2.34. The Labute approximate surface area is 97.0 Å². The molecule has 0 radical (unpaired) electrons. The highest BCUT2D eigenvalue weighted by atomic mass is 15.4. The molecule has 1 fully saturated rings. The maximum absolute atomic E-state index is 6.00. The van der Waals surface area contributed by atoms with E-state index in [1.165, 1.54) is 32.1 Å². The van der Waals surface area contributed by atoms with Crippen molar-refractivity contribution < 1.29 is 0 Å². The summed E-state index contributed by atoms with van der Waals surface area (Å²) in [5.74, 6) is 8.47. The average molecular weight is 222 g/mol. The Morgan fingerprint density at radius 1 is 1.25 bits per heavy atom. The van der Waals surface area contributed by atoms with Crippen LogP contribution in [0.3, 0.4) is 0 Å². The number of anilines is 1. The number of nitrogens with two attached hydrogens (primary N) is 2. The van der Waals surface area contributed by atoms with Crippen molar-refractivity contribution >= 4 is 5.82 Å². The van der Waals surface area contributed by atoms with E-state index in [1.807, 2.05) is 0 Å². The molecule has 0 aliphatic heterocycles. The van der Waals surface area contributed by atoms with E-state index in [9.17, 15) is 0 Å². The maximum Gasteiger partial charge on any atom is 0.146 e. The van der Waals surface area contributed by atoms with Gasteiger partial charge in [0, 0.05) is 5.92 Å². The Hall–Kier alpha value is -1.19. The Balaban J connectivity index is 2.30. The van der Waals surface area contributed by atoms with Gasteiger partial charge in [-0.3, -0.25) is 0 Å². The Morgan fingerprint density at radius 2 is 1.88 bits per heavy atom. The molecule has 0 bridgehead atoms. The number of nitrogens with zero attached hydrogens (tertiary/aromatic N) is 2. The van der Waals surface area contributed by atoms with Gasteiger partial charge in [-0.2, -0.15) is 0 Å². The van der Waals surface area contributed by atoms with E-state index in [0.29, 0.717) is 17.7 Å². The lowest BCUT2D eigenvalue weighted by Gasteiger charge is -2.20. The molecule has 1 aliphatic rings. The lowest BCUT2D eigenvalue weighted by atomic mass is 9.89. The van der Waals surface area contributed by atoms with E-state index in [0.717, 1.165) is 11.5 Å². The standard InChI is InChI=1S/C12H22N4/c1-8(2)10-11(13)16(14)12(15-10)9-6-4-3-5-7-9/h8-9H,3-7,13-14H2,1-2H3. The Kier molecular flexibility index (Phi) is 3.08. The minimum Gasteiger partial charge on any atom is -0.382 e. The molecule has 0 aromatic carbocycles. The number of hydrogen-bond acceptors (Lipinski definition) is 3. The number of hydrogen-bond donors (Lipinski definition) is 2. The lowest BCUT2D eigenvalue weighted by Crippen LogP contribution is -2.19. The highest BCUT2D eigenvalue weighted by molar-refractivity contribution is 5.41. The molecule has 1 aliphatic carbocycles. The smallest absolute Gasteiger partial charge is 0.146 e. The summed E-state index contributed by atoms with van der Waals surface area (Å²) in [7, 11) is 0. The monoisotopic (exact) mass is 222 g/mol. The largest absolute Gasteiger partial charge is 0.382 e. The molecule has 4 N–H and O–H groups in total. The quantitative estimate of drug-likeness (QED) is 0.755. The van der Waals surface area contributed by atoms with Crippen molar-refractivity contribution in [2.75, 3.05) is 11.6 Å². The first-order chi connectivity index (χ1) is 7.61. The fourth-order valence-corrected chi connectivity index (χ4v) is 2.56. The van der Waals surface area contributed by atoms with Gasteiger partial charge in [0.05, 0.1) is 5.69 Å². The van der Waals surface area contributed by atoms with Gasteiger partial charge in [-0.15, -0.1) is 0 Å². The van der Waals surface area contributed by atoms with Gasteiger partial charge in [0.2, 0.25) is 0 Å². The van der Waals surface area contributed by atoms with Gasteiger partial charge in [-0.05, 0) is 18.8 Å². The SMILES string of the molecule is CC(C)c1nc(C2CCCCC2)n(N)c1N. The van der Waals surface area contributed by atoms with Gasteiger partial charge in [-0.25, -0.2) is 9.66 Å². The molecule has 16 heavy (non-hydrogen) atoms. The summed E-state index contributed by atoms with van der Waals surface area (Å²) in [4.78, 5) is 4.65. The van der Waals surface area contributed by atoms with E-state index >= 15 is 0 Å². The van der Waals surface area contributed by atoms with Crippen molar-refractivity contribution in [1.82, 2.24) is 9.66 Å². The molecule has 1 saturated carbocycles. The van der Waals surface area contributed by atoms with Crippen molar-refractivity contribution in [3.8, 4) is 0 Å². The van der Waals surface area contributed by atoms with Crippen LogP contribution < -0.4 is 11.6 Å². The molecular weight excluding hydrogens is 200 g/mol. The zero-order valence-corrected chi connectivity index (χ0v) is 10.2. The summed E-state index contributed by atoms with van der Waals surface area (Å²) in [5.41, 5.74) is 6.93. The van der Waals surface area contributed by atoms with Crippen LogP contribution in [-0.2, 0) is 0 Å². The van der Waals surface area contributed by atoms with Crippen molar-refractivity contribution in [2.24, 2.45) is 0 Å². The van der Waals surface area contributed by atoms with E-state index in [4.69, 9.17) is 11.6 Å². The van der Waals surface area contributed by atoms with Gasteiger partial charge in [0.15, 0.2) is 0 Å². The molecule has 1 heterocycles. The molecule has 4 nitrogen and oxygen atoms in total. The van der Waals surface area contributed by atoms with Crippen LogP contribution in [-0.4, -0.2) is 9.66 Å². The first-order valence-corrected chi connectivity index (χ1v) is 6.24. The molecule has 0 amide bonds. The summed E-state index contributed by atoms with van der Waals surface area (Å²) in [6, 6.07) is 0. The maximum atomic E-state index is 6.00. The summed E-state index contributed by atoms with van der Waals surface area (Å²) >= 11 is 0. The van der Waals surface area contributed by atoms with Crippen molar-refractivity contribution in [3.63, 3.8) is 0 Å². The molecule has 4 heteroatoms. The predicted molar refractivity (Wildman–Crippen MR) is 66.7 cm³/mol. The third-order valence-electron chi connectivity index (χ3n) is 3.52. The van der Waals surface area contributed by atoms with Crippen molar-refractivity contribution in [1.29, 1.82) is 0 Å². The van der Waals surface area contributed by atoms with Gasteiger partial charge in [0.1, 0.15) is 11.6 Å². The molecule has 1 aromatic rings. The minimum absolute atomic E-state index is 0.340. The van der Waals surface area contributed by atoms with Crippen LogP contribution in [0.4, 0.5) is 5.82 Å². The zero-order chi connectivity index (χ0) is 11.7. The Morgan fingerprint density at radius 3 is 2.38 bits per heavy atom. The molecule has 2 rings (SSSR count). The highest BCUT2D eigenvalue weighted by Gasteiger charge is 2.24. The summed E-state index contributed by atoms with van der Waals surface area (Å²) < 4.78 is 1.60. The first-order valence-electron chi connectivity index (χ1n) is 6.24. The van der Waals surface area contributed by atoms with Crippen LogP contribution >= 0.6 is 0 Å². The van der Waals surface area contributed by atoms with Gasteiger partial charge in [0.25, 0.3) is 0 Å². The van der Waals surface area contributed by atoms with E-state index < -0.39 is 0 Å². The molecule has 0 unspecified atom stereocenters. The van der Waals surface area contributed by atoms with Crippen molar-refractivity contribution in [3.05, 3.63) is 11.5 Å². The van der Waals surface area contributed by atoms with Crippen LogP contribution in [0.1, 0.15) is 69.3 Å². The summed E-state index contributed by atoms with van der Waals surface area (Å²) in [5, 5.41) is 0. The zero-order valence-electron chi connectivity index (χ0n) is 10.2. The second-order valence-corrected chi connectivity index (χ2v) is 5.10. The second-order valence-electron chi connectivity index (χ2n) is 5.10. The number of imidazole rings is 1. The summed E-state index contributed by atoms with van der Waals surface area (Å²) in [6.45, 7) is 4.20. The fourth-order valence-electron chi connectivity index (χ4n) is 2.56. The second kappa shape index (κ2) is 4.36. The first kappa shape index (κ1) is 11.3. The van der Waals surface area contributed by atoms with Gasteiger partial charge < -0.3 is 11.6 Å². The molecule has 90 valence electrons. The minimum atomic E-state index is 0.340. The normalized spacial score (nSPS) is 18.2. The van der Waals surface area contributed by atoms with Crippen LogP contribution in [0.15, 0.2) is 0 Å². The number of aromatic nitrogens is 2. The third kappa shape index (κ3) is 1.88. The molecular formula is C12H22N4. The Bertz CT molecular complexity index is 361. The molecule has 1 aromatic heterocycles.